The molecule has 2 atom stereocenters. The van der Waals surface area contributed by atoms with Crippen molar-refractivity contribution in [3.05, 3.63) is 17.7 Å². The summed E-state index contributed by atoms with van der Waals surface area (Å²) in [4.78, 5) is 16.8. The van der Waals surface area contributed by atoms with Crippen LogP contribution in [-0.2, 0) is 9.53 Å². The minimum Gasteiger partial charge on any atom is -0.468 e. The molecule has 0 spiro atoms. The van der Waals surface area contributed by atoms with Gasteiger partial charge in [-0.15, -0.1) is 0 Å². The van der Waals surface area contributed by atoms with E-state index in [-0.39, 0.29) is 5.97 Å². The van der Waals surface area contributed by atoms with Crippen molar-refractivity contribution >= 4 is 5.97 Å². The number of rotatable bonds is 4. The summed E-state index contributed by atoms with van der Waals surface area (Å²) in [5.74, 6) is -0.103. The van der Waals surface area contributed by atoms with Crippen LogP contribution in [0.4, 0.5) is 0 Å². The second-order valence-electron chi connectivity index (χ2n) is 6.57. The third-order valence-corrected chi connectivity index (χ3v) is 5.04. The zero-order valence-corrected chi connectivity index (χ0v) is 13.2. The molecular formula is C16H25N3O2. The fourth-order valence-electron chi connectivity index (χ4n) is 3.56. The average molecular weight is 291 g/mol. The molecule has 0 radical (unpaired) electrons. The van der Waals surface area contributed by atoms with Crippen LogP contribution in [0.25, 0.3) is 0 Å². The number of methoxy groups -OCH3 is 1. The molecule has 5 heteroatoms. The first-order chi connectivity index (χ1) is 10.1. The third kappa shape index (κ3) is 2.71. The molecular weight excluding hydrogens is 266 g/mol. The highest BCUT2D eigenvalue weighted by atomic mass is 16.5. The summed E-state index contributed by atoms with van der Waals surface area (Å²) in [5, 5.41) is 3.57. The molecule has 0 saturated heterocycles. The highest BCUT2D eigenvalue weighted by Gasteiger charge is 2.47. The number of ether oxygens (including phenoxy) is 1. The number of hydrogen-bond donors (Lipinski definition) is 1. The van der Waals surface area contributed by atoms with Crippen LogP contribution in [0.15, 0.2) is 6.33 Å². The zero-order valence-electron chi connectivity index (χ0n) is 13.2. The number of aromatic nitrogens is 2. The van der Waals surface area contributed by atoms with Crippen molar-refractivity contribution in [2.45, 2.75) is 70.0 Å². The fraction of sp³-hybridized carbons (Fsp3) is 0.750. The van der Waals surface area contributed by atoms with E-state index < -0.39 is 5.54 Å². The van der Waals surface area contributed by atoms with Crippen LogP contribution in [0.5, 0.6) is 0 Å². The summed E-state index contributed by atoms with van der Waals surface area (Å²) in [6.07, 6.45) is 8.07. The molecule has 2 aliphatic rings. The monoisotopic (exact) mass is 291 g/mol. The SMILES string of the molecule is COC(=O)C1(NC2CC2)CCCC(n2cnc(C)c2C)C1. The maximum Gasteiger partial charge on any atom is 0.326 e. The molecule has 0 aliphatic heterocycles. The minimum absolute atomic E-state index is 0.103. The van der Waals surface area contributed by atoms with Crippen LogP contribution in [0.1, 0.15) is 56.0 Å². The van der Waals surface area contributed by atoms with Crippen molar-refractivity contribution in [1.29, 1.82) is 0 Å². The van der Waals surface area contributed by atoms with E-state index in [1.54, 1.807) is 0 Å². The Morgan fingerprint density at radius 3 is 2.76 bits per heavy atom. The molecule has 2 aliphatic carbocycles. The highest BCUT2D eigenvalue weighted by molar-refractivity contribution is 5.81. The van der Waals surface area contributed by atoms with Crippen molar-refractivity contribution in [3.8, 4) is 0 Å². The van der Waals surface area contributed by atoms with Gasteiger partial charge in [-0.1, -0.05) is 0 Å². The number of carbonyl (C=O) groups is 1. The van der Waals surface area contributed by atoms with Crippen molar-refractivity contribution < 1.29 is 9.53 Å². The zero-order chi connectivity index (χ0) is 15.0. The lowest BCUT2D eigenvalue weighted by molar-refractivity contribution is -0.151. The Labute approximate surface area is 126 Å². The third-order valence-electron chi connectivity index (χ3n) is 5.04. The number of nitrogens with zero attached hydrogens (tertiary/aromatic N) is 2. The van der Waals surface area contributed by atoms with Gasteiger partial charge >= 0.3 is 5.97 Å². The second kappa shape index (κ2) is 5.44. The first kappa shape index (κ1) is 14.6. The molecule has 2 fully saturated rings. The number of aryl methyl sites for hydroxylation is 1. The summed E-state index contributed by atoms with van der Waals surface area (Å²) in [5.41, 5.74) is 1.76. The van der Waals surface area contributed by atoms with E-state index in [9.17, 15) is 4.79 Å². The Hall–Kier alpha value is -1.36. The van der Waals surface area contributed by atoms with Crippen LogP contribution >= 0.6 is 0 Å². The molecule has 5 nitrogen and oxygen atoms in total. The molecule has 2 saturated carbocycles. The van der Waals surface area contributed by atoms with Crippen LogP contribution < -0.4 is 5.32 Å². The summed E-state index contributed by atoms with van der Waals surface area (Å²) < 4.78 is 7.35. The minimum atomic E-state index is -0.510. The van der Waals surface area contributed by atoms with E-state index in [1.165, 1.54) is 25.6 Å². The Morgan fingerprint density at radius 2 is 2.19 bits per heavy atom. The number of hydrogen-bond acceptors (Lipinski definition) is 4. The van der Waals surface area contributed by atoms with Gasteiger partial charge in [0.2, 0.25) is 0 Å². The van der Waals surface area contributed by atoms with E-state index >= 15 is 0 Å². The van der Waals surface area contributed by atoms with Crippen LogP contribution in [-0.4, -0.2) is 34.2 Å². The molecule has 21 heavy (non-hydrogen) atoms. The number of nitrogens with one attached hydrogen (secondary N) is 1. The van der Waals surface area contributed by atoms with Crippen molar-refractivity contribution in [3.63, 3.8) is 0 Å². The topological polar surface area (TPSA) is 56.1 Å². The summed E-state index contributed by atoms with van der Waals surface area (Å²) in [7, 11) is 1.49. The van der Waals surface area contributed by atoms with Gasteiger partial charge < -0.3 is 9.30 Å². The normalized spacial score (nSPS) is 29.4. The summed E-state index contributed by atoms with van der Waals surface area (Å²) in [6, 6.07) is 0.818. The van der Waals surface area contributed by atoms with Crippen molar-refractivity contribution in [1.82, 2.24) is 14.9 Å². The van der Waals surface area contributed by atoms with Gasteiger partial charge in [-0.2, -0.15) is 0 Å². The molecule has 2 unspecified atom stereocenters. The fourth-order valence-corrected chi connectivity index (χ4v) is 3.56. The molecule has 0 aromatic carbocycles. The van der Waals surface area contributed by atoms with Gasteiger partial charge in [0.15, 0.2) is 0 Å². The Morgan fingerprint density at radius 1 is 1.43 bits per heavy atom. The quantitative estimate of drug-likeness (QED) is 0.865. The average Bonchev–Trinajstić information content (AvgIpc) is 3.23. The lowest BCUT2D eigenvalue weighted by Crippen LogP contribution is -2.56. The Balaban J connectivity index is 1.84. The predicted octanol–water partition coefficient (Wildman–Crippen LogP) is 2.28. The summed E-state index contributed by atoms with van der Waals surface area (Å²) in [6.45, 7) is 4.13. The molecule has 3 rings (SSSR count). The lowest BCUT2D eigenvalue weighted by Gasteiger charge is -2.40. The first-order valence-corrected chi connectivity index (χ1v) is 7.92. The van der Waals surface area contributed by atoms with Crippen LogP contribution in [0, 0.1) is 13.8 Å². The van der Waals surface area contributed by atoms with Gasteiger partial charge in [0.05, 0.1) is 19.1 Å². The van der Waals surface area contributed by atoms with E-state index in [4.69, 9.17) is 4.74 Å². The Bertz CT molecular complexity index is 536. The smallest absolute Gasteiger partial charge is 0.326 e. The predicted molar refractivity (Wildman–Crippen MR) is 80.1 cm³/mol. The second-order valence-corrected chi connectivity index (χ2v) is 6.57. The molecule has 1 aromatic heterocycles. The molecule has 1 N–H and O–H groups in total. The number of imidazole rings is 1. The van der Waals surface area contributed by atoms with E-state index in [2.05, 4.69) is 21.8 Å². The maximum absolute atomic E-state index is 12.4. The van der Waals surface area contributed by atoms with E-state index in [1.807, 2.05) is 13.3 Å². The molecule has 116 valence electrons. The highest BCUT2D eigenvalue weighted by Crippen LogP contribution is 2.39. The van der Waals surface area contributed by atoms with Gasteiger partial charge in [0.1, 0.15) is 5.54 Å². The molecule has 1 aromatic rings. The van der Waals surface area contributed by atoms with Crippen LogP contribution in [0.3, 0.4) is 0 Å². The molecule has 0 amide bonds. The van der Waals surface area contributed by atoms with E-state index in [0.29, 0.717) is 12.1 Å². The number of esters is 1. The molecule has 0 bridgehead atoms. The van der Waals surface area contributed by atoms with Gasteiger partial charge in [-0.05, 0) is 52.4 Å². The van der Waals surface area contributed by atoms with E-state index in [0.717, 1.165) is 31.4 Å². The number of carbonyl (C=O) groups excluding carboxylic acids is 1. The van der Waals surface area contributed by atoms with Crippen LogP contribution in [0.2, 0.25) is 0 Å². The first-order valence-electron chi connectivity index (χ1n) is 7.92. The van der Waals surface area contributed by atoms with Gasteiger partial charge in [0.25, 0.3) is 0 Å². The van der Waals surface area contributed by atoms with Crippen molar-refractivity contribution in [2.24, 2.45) is 0 Å². The Kier molecular flexibility index (Phi) is 3.78. The van der Waals surface area contributed by atoms with Gasteiger partial charge in [-0.25, -0.2) is 4.98 Å². The lowest BCUT2D eigenvalue weighted by atomic mass is 9.78. The maximum atomic E-state index is 12.4. The van der Waals surface area contributed by atoms with Gasteiger partial charge in [-0.3, -0.25) is 10.1 Å². The standard InChI is InChI=1S/C16H25N3O2/c1-11-12(2)19(10-17-11)14-5-4-8-16(9-14,15(20)21-3)18-13-6-7-13/h10,13-14,18H,4-9H2,1-3H3. The largest absolute Gasteiger partial charge is 0.468 e. The van der Waals surface area contributed by atoms with Crippen molar-refractivity contribution in [2.75, 3.05) is 7.11 Å². The van der Waals surface area contributed by atoms with Gasteiger partial charge in [0, 0.05) is 17.8 Å². The molecule has 1 heterocycles. The summed E-state index contributed by atoms with van der Waals surface area (Å²) >= 11 is 0.